The van der Waals surface area contributed by atoms with Crippen molar-refractivity contribution >= 4 is 23.5 Å². The monoisotopic (exact) mass is 338 g/mol. The van der Waals surface area contributed by atoms with Crippen LogP contribution in [0, 0.1) is 0 Å². The van der Waals surface area contributed by atoms with E-state index < -0.39 is 0 Å². The second kappa shape index (κ2) is 6.54. The summed E-state index contributed by atoms with van der Waals surface area (Å²) in [4.78, 5) is 7.41. The first-order chi connectivity index (χ1) is 11.8. The Morgan fingerprint density at radius 1 is 0.958 bits per heavy atom. The van der Waals surface area contributed by atoms with Gasteiger partial charge in [0.2, 0.25) is 0 Å². The molecular weight excluding hydrogens is 316 g/mol. The van der Waals surface area contributed by atoms with Gasteiger partial charge in [-0.2, -0.15) is 0 Å². The van der Waals surface area contributed by atoms with E-state index in [0.717, 1.165) is 31.9 Å². The molecule has 2 aromatic rings. The van der Waals surface area contributed by atoms with Crippen LogP contribution in [0.4, 0.5) is 0 Å². The number of methoxy groups -OCH3 is 1. The third-order valence-electron chi connectivity index (χ3n) is 4.74. The van der Waals surface area contributed by atoms with E-state index in [-0.39, 0.29) is 0 Å². The molecule has 4 heteroatoms. The van der Waals surface area contributed by atoms with Gasteiger partial charge in [0.15, 0.2) is 0 Å². The van der Waals surface area contributed by atoms with Gasteiger partial charge in [-0.15, -0.1) is 0 Å². The molecule has 0 aliphatic carbocycles. The normalized spacial score (nSPS) is 17.6. The lowest BCUT2D eigenvalue weighted by atomic mass is 10.1. The van der Waals surface area contributed by atoms with Gasteiger partial charge in [-0.05, 0) is 30.8 Å². The number of benzene rings is 2. The molecule has 0 N–H and O–H groups in total. The van der Waals surface area contributed by atoms with Crippen LogP contribution in [-0.2, 0) is 0 Å². The molecule has 1 fully saturated rings. The highest BCUT2D eigenvalue weighted by atomic mass is 32.2. The highest BCUT2D eigenvalue weighted by Gasteiger charge is 2.24. The molecule has 0 spiro atoms. The van der Waals surface area contributed by atoms with Crippen molar-refractivity contribution in [1.82, 2.24) is 9.80 Å². The number of ether oxygens (including phenoxy) is 1. The molecule has 2 aliphatic rings. The molecule has 0 radical (unpaired) electrons. The molecule has 4 rings (SSSR count). The Balaban J connectivity index is 1.86. The summed E-state index contributed by atoms with van der Waals surface area (Å²) in [6.45, 7) is 4.33. The minimum Gasteiger partial charge on any atom is -0.496 e. The zero-order valence-corrected chi connectivity index (χ0v) is 15.0. The number of hydrogen-bond donors (Lipinski definition) is 0. The van der Waals surface area contributed by atoms with Gasteiger partial charge in [-0.1, -0.05) is 42.1 Å². The fraction of sp³-hybridized carbons (Fsp3) is 0.300. The maximum atomic E-state index is 5.66. The van der Waals surface area contributed by atoms with Crippen molar-refractivity contribution in [1.29, 1.82) is 0 Å². The van der Waals surface area contributed by atoms with Crippen LogP contribution in [0.15, 0.2) is 52.3 Å². The maximum Gasteiger partial charge on any atom is 0.133 e. The molecule has 0 unspecified atom stereocenters. The zero-order chi connectivity index (χ0) is 16.5. The fourth-order valence-corrected chi connectivity index (χ4v) is 4.47. The smallest absolute Gasteiger partial charge is 0.133 e. The van der Waals surface area contributed by atoms with Gasteiger partial charge in [0.25, 0.3) is 0 Å². The highest BCUT2D eigenvalue weighted by Crippen LogP contribution is 2.45. The Labute approximate surface area is 147 Å². The average Bonchev–Trinajstić information content (AvgIpc) is 2.79. The minimum atomic E-state index is 0.953. The van der Waals surface area contributed by atoms with Gasteiger partial charge in [-0.3, -0.25) is 0 Å². The molecule has 0 bridgehead atoms. The van der Waals surface area contributed by atoms with Crippen molar-refractivity contribution in [3.63, 3.8) is 0 Å². The lowest BCUT2D eigenvalue weighted by Crippen LogP contribution is -2.43. The maximum absolute atomic E-state index is 5.66. The van der Waals surface area contributed by atoms with E-state index in [1.807, 2.05) is 11.8 Å². The van der Waals surface area contributed by atoms with Gasteiger partial charge in [0.05, 0.1) is 12.0 Å². The van der Waals surface area contributed by atoms with E-state index in [1.165, 1.54) is 26.6 Å². The molecular formula is C20H22N2OS. The predicted octanol–water partition coefficient (Wildman–Crippen LogP) is 3.91. The molecule has 0 amide bonds. The molecule has 1 saturated heterocycles. The Bertz CT molecular complexity index is 779. The van der Waals surface area contributed by atoms with E-state index in [2.05, 4.69) is 65.4 Å². The van der Waals surface area contributed by atoms with Crippen LogP contribution in [0.25, 0.3) is 11.8 Å². The third kappa shape index (κ3) is 2.80. The van der Waals surface area contributed by atoms with Crippen LogP contribution in [-0.4, -0.2) is 50.1 Å². The van der Waals surface area contributed by atoms with Crippen molar-refractivity contribution in [3.05, 3.63) is 53.6 Å². The number of nitrogens with zero attached hydrogens (tertiary/aromatic N) is 2. The molecule has 0 aromatic heterocycles. The summed E-state index contributed by atoms with van der Waals surface area (Å²) < 4.78 is 5.66. The van der Waals surface area contributed by atoms with Gasteiger partial charge in [0.1, 0.15) is 5.75 Å². The van der Waals surface area contributed by atoms with E-state index >= 15 is 0 Å². The van der Waals surface area contributed by atoms with Gasteiger partial charge in [0, 0.05) is 42.3 Å². The summed E-state index contributed by atoms with van der Waals surface area (Å²) in [6, 6.07) is 15.0. The van der Waals surface area contributed by atoms with Gasteiger partial charge in [-0.25, -0.2) is 0 Å². The molecule has 2 aliphatic heterocycles. The van der Waals surface area contributed by atoms with Crippen molar-refractivity contribution in [2.75, 3.05) is 40.3 Å². The summed E-state index contributed by atoms with van der Waals surface area (Å²) in [7, 11) is 3.95. The molecule has 124 valence electrons. The third-order valence-corrected chi connectivity index (χ3v) is 5.96. The lowest BCUT2D eigenvalue weighted by molar-refractivity contribution is 0.207. The van der Waals surface area contributed by atoms with E-state index in [4.69, 9.17) is 4.74 Å². The Kier molecular flexibility index (Phi) is 4.25. The summed E-state index contributed by atoms with van der Waals surface area (Å²) in [6.07, 6.45) is 2.35. The van der Waals surface area contributed by atoms with Crippen LogP contribution in [0.2, 0.25) is 0 Å². The van der Waals surface area contributed by atoms with Crippen LogP contribution in [0.1, 0.15) is 11.1 Å². The predicted molar refractivity (Wildman–Crippen MR) is 101 cm³/mol. The first-order valence-corrected chi connectivity index (χ1v) is 9.17. The topological polar surface area (TPSA) is 15.7 Å². The number of likely N-dealkylation sites (N-methyl/N-ethyl adjacent to an activating group) is 1. The van der Waals surface area contributed by atoms with E-state index in [9.17, 15) is 0 Å². The van der Waals surface area contributed by atoms with Crippen LogP contribution in [0.5, 0.6) is 5.75 Å². The Morgan fingerprint density at radius 2 is 1.75 bits per heavy atom. The molecule has 24 heavy (non-hydrogen) atoms. The summed E-state index contributed by atoms with van der Waals surface area (Å²) in [5, 5.41) is 0. The van der Waals surface area contributed by atoms with Crippen molar-refractivity contribution < 1.29 is 4.74 Å². The average molecular weight is 338 g/mol. The highest BCUT2D eigenvalue weighted by molar-refractivity contribution is 7.99. The van der Waals surface area contributed by atoms with Gasteiger partial charge < -0.3 is 14.5 Å². The van der Waals surface area contributed by atoms with Crippen LogP contribution < -0.4 is 4.74 Å². The lowest BCUT2D eigenvalue weighted by Gasteiger charge is -2.36. The molecule has 2 heterocycles. The van der Waals surface area contributed by atoms with Gasteiger partial charge >= 0.3 is 0 Å². The number of piperazine rings is 1. The largest absolute Gasteiger partial charge is 0.496 e. The Hall–Kier alpha value is -1.91. The number of hydrogen-bond acceptors (Lipinski definition) is 4. The number of rotatable bonds is 2. The SMILES string of the molecule is COc1cccc2c1Sc1ccccc1C=C2N1CCN(C)CC1. The summed E-state index contributed by atoms with van der Waals surface area (Å²) in [5.74, 6) is 0.953. The first-order valence-electron chi connectivity index (χ1n) is 8.36. The van der Waals surface area contributed by atoms with E-state index in [1.54, 1.807) is 7.11 Å². The van der Waals surface area contributed by atoms with Crippen LogP contribution >= 0.6 is 11.8 Å². The van der Waals surface area contributed by atoms with Crippen molar-refractivity contribution in [3.8, 4) is 5.75 Å². The second-order valence-electron chi connectivity index (χ2n) is 6.30. The van der Waals surface area contributed by atoms with Crippen LogP contribution in [0.3, 0.4) is 0 Å². The summed E-state index contributed by atoms with van der Waals surface area (Å²) in [5.41, 5.74) is 3.88. The van der Waals surface area contributed by atoms with Crippen molar-refractivity contribution in [2.45, 2.75) is 9.79 Å². The van der Waals surface area contributed by atoms with Crippen molar-refractivity contribution in [2.24, 2.45) is 0 Å². The minimum absolute atomic E-state index is 0.953. The number of fused-ring (bicyclic) bond motifs is 2. The summed E-state index contributed by atoms with van der Waals surface area (Å²) >= 11 is 1.81. The molecule has 0 atom stereocenters. The van der Waals surface area contributed by atoms with E-state index in [0.29, 0.717) is 0 Å². The zero-order valence-electron chi connectivity index (χ0n) is 14.2. The second-order valence-corrected chi connectivity index (χ2v) is 7.35. The first kappa shape index (κ1) is 15.6. The Morgan fingerprint density at radius 3 is 2.54 bits per heavy atom. The quantitative estimate of drug-likeness (QED) is 0.825. The molecule has 0 saturated carbocycles. The molecule has 3 nitrogen and oxygen atoms in total. The fourth-order valence-electron chi connectivity index (χ4n) is 3.32. The standard InChI is InChI=1S/C20H22N2OS/c1-21-10-12-22(13-11-21)17-14-15-6-3-4-9-19(15)24-20-16(17)7-5-8-18(20)23-2/h3-9,14H,10-13H2,1-2H3. The molecule has 2 aromatic carbocycles.